The molecule has 9 heteroatoms. The Morgan fingerprint density at radius 3 is 2.92 bits per heavy atom. The number of hydrogen-bond donors (Lipinski definition) is 1. The monoisotopic (exact) mass is 394 g/mol. The van der Waals surface area contributed by atoms with E-state index in [4.69, 9.17) is 4.74 Å². The van der Waals surface area contributed by atoms with Crippen LogP contribution in [-0.2, 0) is 29.4 Å². The third-order valence-electron chi connectivity index (χ3n) is 4.13. The van der Waals surface area contributed by atoms with Crippen LogP contribution in [0, 0.1) is 0 Å². The van der Waals surface area contributed by atoms with E-state index >= 15 is 0 Å². The second kappa shape index (κ2) is 8.68. The van der Waals surface area contributed by atoms with Gasteiger partial charge in [0, 0.05) is 24.1 Å². The Kier molecular flexibility index (Phi) is 6.31. The summed E-state index contributed by atoms with van der Waals surface area (Å²) in [6, 6.07) is 0. The number of nitrogens with one attached hydrogen (secondary N) is 1. The Bertz CT molecular complexity index is 800. The Morgan fingerprint density at radius 2 is 2.19 bits per heavy atom. The van der Waals surface area contributed by atoms with Crippen LogP contribution in [0.2, 0.25) is 0 Å². The Morgan fingerprint density at radius 1 is 1.38 bits per heavy atom. The van der Waals surface area contributed by atoms with E-state index in [-0.39, 0.29) is 11.9 Å². The second-order valence-electron chi connectivity index (χ2n) is 6.01. The van der Waals surface area contributed by atoms with Crippen molar-refractivity contribution in [2.75, 3.05) is 17.7 Å². The summed E-state index contributed by atoms with van der Waals surface area (Å²) < 4.78 is 7.03. The zero-order valence-electron chi connectivity index (χ0n) is 14.9. The fraction of sp³-hybridized carbons (Fsp3) is 0.529. The lowest BCUT2D eigenvalue weighted by Crippen LogP contribution is -2.16. The van der Waals surface area contributed by atoms with Crippen molar-refractivity contribution < 1.29 is 14.3 Å². The van der Waals surface area contributed by atoms with E-state index in [2.05, 4.69) is 15.5 Å². The Hall–Kier alpha value is -1.87. The summed E-state index contributed by atoms with van der Waals surface area (Å²) in [6.45, 7) is 2.11. The molecule has 2 aromatic heterocycles. The molecule has 0 unspecified atom stereocenters. The van der Waals surface area contributed by atoms with Gasteiger partial charge in [0.1, 0.15) is 11.3 Å². The first-order chi connectivity index (χ1) is 12.6. The van der Waals surface area contributed by atoms with Crippen LogP contribution in [-0.4, -0.2) is 39.0 Å². The average Bonchev–Trinajstić information content (AvgIpc) is 3.18. The number of carbonyl (C=O) groups is 2. The van der Waals surface area contributed by atoms with Crippen molar-refractivity contribution in [3.63, 3.8) is 0 Å². The summed E-state index contributed by atoms with van der Waals surface area (Å²) in [7, 11) is 1.87. The smallest absolute Gasteiger partial charge is 0.341 e. The summed E-state index contributed by atoms with van der Waals surface area (Å²) in [6.07, 6.45) is 5.99. The number of aryl methyl sites for hydroxylation is 2. The van der Waals surface area contributed by atoms with Crippen LogP contribution in [0.4, 0.5) is 5.00 Å². The number of fused-ring (bicyclic) bond motifs is 1. The number of aromatic nitrogens is 3. The SMILES string of the molecule is CCOC(=O)c1c(NC(=O)CCSc2nncn2C)sc2c1CCCC2. The van der Waals surface area contributed by atoms with Crippen molar-refractivity contribution in [3.05, 3.63) is 22.3 Å². The lowest BCUT2D eigenvalue weighted by Gasteiger charge is -2.12. The molecule has 2 aromatic rings. The van der Waals surface area contributed by atoms with E-state index in [1.165, 1.54) is 28.0 Å². The molecule has 1 aliphatic rings. The highest BCUT2D eigenvalue weighted by atomic mass is 32.2. The maximum Gasteiger partial charge on any atom is 0.341 e. The van der Waals surface area contributed by atoms with Crippen molar-refractivity contribution in [1.82, 2.24) is 14.8 Å². The molecule has 0 spiro atoms. The number of esters is 1. The minimum atomic E-state index is -0.337. The number of ether oxygens (including phenoxy) is 1. The summed E-state index contributed by atoms with van der Waals surface area (Å²) in [5, 5.41) is 12.1. The third kappa shape index (κ3) is 4.27. The normalized spacial score (nSPS) is 13.3. The van der Waals surface area contributed by atoms with Gasteiger partial charge in [0.15, 0.2) is 5.16 Å². The lowest BCUT2D eigenvalue weighted by atomic mass is 9.95. The van der Waals surface area contributed by atoms with E-state index in [1.807, 2.05) is 11.6 Å². The molecule has 0 saturated carbocycles. The van der Waals surface area contributed by atoms with Crippen molar-refractivity contribution in [2.45, 2.75) is 44.2 Å². The number of rotatable bonds is 7. The maximum atomic E-state index is 12.4. The van der Waals surface area contributed by atoms with Gasteiger partial charge in [0.25, 0.3) is 0 Å². The number of hydrogen-bond acceptors (Lipinski definition) is 7. The summed E-state index contributed by atoms with van der Waals surface area (Å²) in [5.41, 5.74) is 1.62. The van der Waals surface area contributed by atoms with Gasteiger partial charge in [0.05, 0.1) is 12.2 Å². The quantitative estimate of drug-likeness (QED) is 0.574. The van der Waals surface area contributed by atoms with Gasteiger partial charge in [-0.2, -0.15) is 0 Å². The number of thiophene rings is 1. The number of thioether (sulfide) groups is 1. The van der Waals surface area contributed by atoms with Crippen molar-refractivity contribution in [1.29, 1.82) is 0 Å². The first kappa shape index (κ1) is 18.9. The molecule has 0 radical (unpaired) electrons. The second-order valence-corrected chi connectivity index (χ2v) is 8.17. The minimum absolute atomic E-state index is 0.108. The predicted molar refractivity (Wildman–Crippen MR) is 102 cm³/mol. The van der Waals surface area contributed by atoms with Gasteiger partial charge in [-0.3, -0.25) is 4.79 Å². The van der Waals surface area contributed by atoms with Crippen LogP contribution >= 0.6 is 23.1 Å². The zero-order valence-corrected chi connectivity index (χ0v) is 16.5. The molecule has 2 heterocycles. The van der Waals surface area contributed by atoms with Crippen LogP contribution in [0.3, 0.4) is 0 Å². The lowest BCUT2D eigenvalue weighted by molar-refractivity contribution is -0.115. The molecule has 0 aromatic carbocycles. The fourth-order valence-electron chi connectivity index (χ4n) is 2.90. The molecular formula is C17H22N4O3S2. The molecule has 7 nitrogen and oxygen atoms in total. The van der Waals surface area contributed by atoms with Gasteiger partial charge < -0.3 is 14.6 Å². The summed E-state index contributed by atoms with van der Waals surface area (Å²) in [4.78, 5) is 26.0. The van der Waals surface area contributed by atoms with Gasteiger partial charge >= 0.3 is 5.97 Å². The van der Waals surface area contributed by atoms with E-state index in [0.29, 0.717) is 29.3 Å². The highest BCUT2D eigenvalue weighted by Gasteiger charge is 2.27. The topological polar surface area (TPSA) is 86.1 Å². The molecule has 26 heavy (non-hydrogen) atoms. The summed E-state index contributed by atoms with van der Waals surface area (Å²) >= 11 is 2.99. The molecule has 1 aliphatic carbocycles. The van der Waals surface area contributed by atoms with Gasteiger partial charge in [-0.25, -0.2) is 4.79 Å². The van der Waals surface area contributed by atoms with Crippen LogP contribution < -0.4 is 5.32 Å². The van der Waals surface area contributed by atoms with Gasteiger partial charge in [-0.1, -0.05) is 11.8 Å². The van der Waals surface area contributed by atoms with Crippen molar-refractivity contribution >= 4 is 40.0 Å². The minimum Gasteiger partial charge on any atom is -0.462 e. The Labute approximate surface area is 160 Å². The van der Waals surface area contributed by atoms with Gasteiger partial charge in [-0.15, -0.1) is 21.5 Å². The first-order valence-corrected chi connectivity index (χ1v) is 10.5. The number of nitrogens with zero attached hydrogens (tertiary/aromatic N) is 3. The van der Waals surface area contributed by atoms with E-state index in [1.54, 1.807) is 13.3 Å². The van der Waals surface area contributed by atoms with Gasteiger partial charge in [-0.05, 0) is 38.2 Å². The van der Waals surface area contributed by atoms with Gasteiger partial charge in [0.2, 0.25) is 5.91 Å². The first-order valence-electron chi connectivity index (χ1n) is 8.68. The maximum absolute atomic E-state index is 12.4. The molecule has 0 aliphatic heterocycles. The number of anilines is 1. The third-order valence-corrected chi connectivity index (χ3v) is 6.38. The molecule has 0 fully saturated rings. The van der Waals surface area contributed by atoms with E-state index in [9.17, 15) is 9.59 Å². The van der Waals surface area contributed by atoms with E-state index < -0.39 is 0 Å². The molecule has 1 N–H and O–H groups in total. The largest absolute Gasteiger partial charge is 0.462 e. The molecular weight excluding hydrogens is 372 g/mol. The van der Waals surface area contributed by atoms with E-state index in [0.717, 1.165) is 36.4 Å². The molecule has 140 valence electrons. The van der Waals surface area contributed by atoms with Crippen molar-refractivity contribution in [3.8, 4) is 0 Å². The standard InChI is InChI=1S/C17H22N4O3S2/c1-3-24-16(23)14-11-6-4-5-7-12(11)26-15(14)19-13(22)8-9-25-17-20-18-10-21(17)2/h10H,3-9H2,1-2H3,(H,19,22). The fourth-order valence-corrected chi connectivity index (χ4v) is 5.02. The average molecular weight is 395 g/mol. The highest BCUT2D eigenvalue weighted by molar-refractivity contribution is 7.99. The Balaban J connectivity index is 1.66. The number of carbonyl (C=O) groups excluding carboxylic acids is 2. The molecule has 0 atom stereocenters. The highest BCUT2D eigenvalue weighted by Crippen LogP contribution is 2.38. The summed E-state index contributed by atoms with van der Waals surface area (Å²) in [5.74, 6) is 0.151. The molecule has 0 bridgehead atoms. The molecule has 1 amide bonds. The zero-order chi connectivity index (χ0) is 18.5. The van der Waals surface area contributed by atoms with Crippen LogP contribution in [0.1, 0.15) is 47.0 Å². The van der Waals surface area contributed by atoms with Crippen LogP contribution in [0.25, 0.3) is 0 Å². The number of amides is 1. The van der Waals surface area contributed by atoms with Crippen LogP contribution in [0.15, 0.2) is 11.5 Å². The molecule has 0 saturated heterocycles. The molecule has 3 rings (SSSR count). The predicted octanol–water partition coefficient (Wildman–Crippen LogP) is 3.05. The van der Waals surface area contributed by atoms with Crippen molar-refractivity contribution in [2.24, 2.45) is 7.05 Å². The van der Waals surface area contributed by atoms with Crippen LogP contribution in [0.5, 0.6) is 0 Å².